The Kier molecular flexibility index (Phi) is 11.2. The highest BCUT2D eigenvalue weighted by atomic mass is 32.2. The van der Waals surface area contributed by atoms with Crippen molar-refractivity contribution >= 4 is 23.7 Å². The van der Waals surface area contributed by atoms with Gasteiger partial charge in [-0.2, -0.15) is 0 Å². The fourth-order valence-electron chi connectivity index (χ4n) is 3.44. The van der Waals surface area contributed by atoms with E-state index in [-0.39, 0.29) is 12.2 Å². The Balaban J connectivity index is 1.73. The van der Waals surface area contributed by atoms with Gasteiger partial charge in [0.1, 0.15) is 5.82 Å². The smallest absolute Gasteiger partial charge is 0.334 e. The van der Waals surface area contributed by atoms with E-state index in [1.807, 2.05) is 10.6 Å². The van der Waals surface area contributed by atoms with Gasteiger partial charge in [-0.3, -0.25) is 4.79 Å². The van der Waals surface area contributed by atoms with Crippen LogP contribution < -0.4 is 0 Å². The Morgan fingerprint density at radius 1 is 1.00 bits per heavy atom. The van der Waals surface area contributed by atoms with Crippen LogP contribution in [0.4, 0.5) is 0 Å². The van der Waals surface area contributed by atoms with Crippen LogP contribution in [0, 0.1) is 0 Å². The lowest BCUT2D eigenvalue weighted by atomic mass is 10.0. The first-order valence-corrected chi connectivity index (χ1v) is 11.8. The second-order valence-electron chi connectivity index (χ2n) is 7.55. The molecule has 1 aromatic heterocycles. The Morgan fingerprint density at radius 2 is 1.68 bits per heavy atom. The number of imidazole rings is 1. The van der Waals surface area contributed by atoms with Gasteiger partial charge in [0.15, 0.2) is 6.10 Å². The third kappa shape index (κ3) is 9.14. The van der Waals surface area contributed by atoms with E-state index in [1.54, 1.807) is 12.4 Å². The molecule has 0 fully saturated rings. The highest BCUT2D eigenvalue weighted by molar-refractivity contribution is 7.99. The Hall–Kier alpha value is -2.32. The standard InChI is InChI=1S/C23H32N2O5S/c26-19(27)13-17-31-21(20(28)23(29)30)22-24-14-16-25(22)15-9-4-2-1-3-6-10-18-11-7-5-8-12-18/h5,7-8,11-12,14,16,20-21,28H,1-4,6,9-10,13,15,17H2,(H,26,27)(H,29,30). The summed E-state index contributed by atoms with van der Waals surface area (Å²) in [5, 5.41) is 27.3. The number of nitrogens with zero attached hydrogens (tertiary/aromatic N) is 2. The van der Waals surface area contributed by atoms with Crippen molar-refractivity contribution in [2.45, 2.75) is 69.3 Å². The number of benzene rings is 1. The molecule has 0 spiro atoms. The molecule has 31 heavy (non-hydrogen) atoms. The molecule has 170 valence electrons. The first kappa shape index (κ1) is 24.9. The number of carboxylic acid groups (broad SMARTS) is 2. The highest BCUT2D eigenvalue weighted by Crippen LogP contribution is 2.32. The van der Waals surface area contributed by atoms with E-state index in [2.05, 4.69) is 29.2 Å². The normalized spacial score (nSPS) is 13.1. The summed E-state index contributed by atoms with van der Waals surface area (Å²) in [5.41, 5.74) is 1.38. The third-order valence-corrected chi connectivity index (χ3v) is 6.38. The van der Waals surface area contributed by atoms with E-state index in [1.165, 1.54) is 24.8 Å². The molecule has 2 rings (SSSR count). The van der Waals surface area contributed by atoms with E-state index in [0.29, 0.717) is 12.4 Å². The maximum Gasteiger partial charge on any atom is 0.334 e. The lowest BCUT2D eigenvalue weighted by Gasteiger charge is -2.20. The number of aryl methyl sites for hydroxylation is 2. The zero-order valence-corrected chi connectivity index (χ0v) is 18.5. The number of carbonyl (C=O) groups is 2. The average Bonchev–Trinajstić information content (AvgIpc) is 3.21. The molecular weight excluding hydrogens is 416 g/mol. The summed E-state index contributed by atoms with van der Waals surface area (Å²) in [5.74, 6) is -1.60. The van der Waals surface area contributed by atoms with Crippen LogP contribution in [0.1, 0.15) is 61.6 Å². The molecule has 1 heterocycles. The second-order valence-corrected chi connectivity index (χ2v) is 8.80. The van der Waals surface area contributed by atoms with Gasteiger partial charge in [-0.05, 0) is 24.8 Å². The molecule has 0 aliphatic rings. The third-order valence-electron chi connectivity index (χ3n) is 5.11. The van der Waals surface area contributed by atoms with Crippen molar-refractivity contribution < 1.29 is 24.9 Å². The largest absolute Gasteiger partial charge is 0.481 e. The molecule has 0 saturated carbocycles. The summed E-state index contributed by atoms with van der Waals surface area (Å²) in [6, 6.07) is 10.5. The number of aliphatic carboxylic acids is 2. The lowest BCUT2D eigenvalue weighted by Crippen LogP contribution is -2.28. The van der Waals surface area contributed by atoms with Crippen molar-refractivity contribution in [2.24, 2.45) is 0 Å². The molecule has 0 saturated heterocycles. The molecule has 1 aromatic carbocycles. The van der Waals surface area contributed by atoms with E-state index in [4.69, 9.17) is 5.11 Å². The molecular formula is C23H32N2O5S. The zero-order chi connectivity index (χ0) is 22.5. The van der Waals surface area contributed by atoms with Crippen molar-refractivity contribution in [3.8, 4) is 0 Å². The topological polar surface area (TPSA) is 113 Å². The summed E-state index contributed by atoms with van der Waals surface area (Å²) >= 11 is 1.11. The quantitative estimate of drug-likeness (QED) is 0.331. The number of aliphatic hydroxyl groups excluding tert-OH is 1. The number of hydrogen-bond acceptors (Lipinski definition) is 5. The van der Waals surface area contributed by atoms with E-state index in [0.717, 1.165) is 37.4 Å². The minimum atomic E-state index is -1.63. The van der Waals surface area contributed by atoms with E-state index >= 15 is 0 Å². The van der Waals surface area contributed by atoms with Gasteiger partial charge >= 0.3 is 11.9 Å². The number of carboxylic acids is 2. The monoisotopic (exact) mass is 448 g/mol. The minimum Gasteiger partial charge on any atom is -0.481 e. The van der Waals surface area contributed by atoms with Crippen LogP contribution >= 0.6 is 11.8 Å². The molecule has 0 radical (unpaired) electrons. The Labute approximate surface area is 187 Å². The number of rotatable bonds is 16. The van der Waals surface area contributed by atoms with Crippen molar-refractivity contribution in [1.29, 1.82) is 0 Å². The highest BCUT2D eigenvalue weighted by Gasteiger charge is 2.31. The van der Waals surface area contributed by atoms with Gasteiger partial charge in [0, 0.05) is 24.7 Å². The molecule has 2 aromatic rings. The summed E-state index contributed by atoms with van der Waals surface area (Å²) in [6.07, 6.45) is 9.51. The molecule has 2 atom stereocenters. The first-order valence-electron chi connectivity index (χ1n) is 10.8. The van der Waals surface area contributed by atoms with Crippen LogP contribution in [-0.2, 0) is 22.6 Å². The van der Waals surface area contributed by atoms with Crippen LogP contribution in [0.5, 0.6) is 0 Å². The second kappa shape index (κ2) is 13.9. The summed E-state index contributed by atoms with van der Waals surface area (Å²) in [4.78, 5) is 26.3. The fraction of sp³-hybridized carbons (Fsp3) is 0.522. The predicted octanol–water partition coefficient (Wildman–Crippen LogP) is 4.16. The van der Waals surface area contributed by atoms with E-state index < -0.39 is 23.3 Å². The van der Waals surface area contributed by atoms with Crippen molar-refractivity contribution in [3.05, 3.63) is 54.1 Å². The summed E-state index contributed by atoms with van der Waals surface area (Å²) in [6.45, 7) is 0.696. The maximum atomic E-state index is 11.3. The van der Waals surface area contributed by atoms with Gasteiger partial charge in [0.2, 0.25) is 0 Å². The van der Waals surface area contributed by atoms with Gasteiger partial charge in [0.25, 0.3) is 0 Å². The van der Waals surface area contributed by atoms with Gasteiger partial charge in [0.05, 0.1) is 11.7 Å². The van der Waals surface area contributed by atoms with Crippen LogP contribution in [0.3, 0.4) is 0 Å². The van der Waals surface area contributed by atoms with Gasteiger partial charge < -0.3 is 19.9 Å². The van der Waals surface area contributed by atoms with Crippen molar-refractivity contribution in [1.82, 2.24) is 9.55 Å². The van der Waals surface area contributed by atoms with Crippen LogP contribution in [-0.4, -0.2) is 48.7 Å². The lowest BCUT2D eigenvalue weighted by molar-refractivity contribution is -0.146. The molecule has 0 aliphatic heterocycles. The van der Waals surface area contributed by atoms with Gasteiger partial charge in [-0.15, -0.1) is 11.8 Å². The molecule has 0 amide bonds. The number of aromatic nitrogens is 2. The molecule has 0 aliphatic carbocycles. The van der Waals surface area contributed by atoms with Gasteiger partial charge in [-0.1, -0.05) is 56.0 Å². The van der Waals surface area contributed by atoms with Crippen LogP contribution in [0.2, 0.25) is 0 Å². The summed E-state index contributed by atoms with van der Waals surface area (Å²) in [7, 11) is 0. The molecule has 7 nitrogen and oxygen atoms in total. The molecule has 2 unspecified atom stereocenters. The summed E-state index contributed by atoms with van der Waals surface area (Å²) < 4.78 is 1.87. The van der Waals surface area contributed by atoms with Gasteiger partial charge in [-0.25, -0.2) is 9.78 Å². The molecule has 8 heteroatoms. The Morgan fingerprint density at radius 3 is 2.35 bits per heavy atom. The van der Waals surface area contributed by atoms with E-state index in [9.17, 15) is 19.8 Å². The minimum absolute atomic E-state index is 0.0987. The molecule has 3 N–H and O–H groups in total. The van der Waals surface area contributed by atoms with Crippen molar-refractivity contribution in [3.63, 3.8) is 0 Å². The van der Waals surface area contributed by atoms with Crippen LogP contribution in [0.15, 0.2) is 42.7 Å². The zero-order valence-electron chi connectivity index (χ0n) is 17.7. The van der Waals surface area contributed by atoms with Crippen LogP contribution in [0.25, 0.3) is 0 Å². The first-order chi connectivity index (χ1) is 15.0. The average molecular weight is 449 g/mol. The van der Waals surface area contributed by atoms with Crippen molar-refractivity contribution in [2.75, 3.05) is 5.75 Å². The maximum absolute atomic E-state index is 11.3. The number of unbranched alkanes of at least 4 members (excludes halogenated alkanes) is 5. The number of aliphatic hydroxyl groups is 1. The number of hydrogen-bond donors (Lipinski definition) is 3. The number of thioether (sulfide) groups is 1. The predicted molar refractivity (Wildman–Crippen MR) is 121 cm³/mol. The molecule has 0 bridgehead atoms. The SMILES string of the molecule is O=C(O)CCSC(c1nccn1CCCCCCCCc1ccccc1)C(O)C(=O)O. The Bertz CT molecular complexity index is 796. The fourth-order valence-corrected chi connectivity index (χ4v) is 4.63.